The summed E-state index contributed by atoms with van der Waals surface area (Å²) in [6.07, 6.45) is 4.31. The Morgan fingerprint density at radius 3 is 3.00 bits per heavy atom. The summed E-state index contributed by atoms with van der Waals surface area (Å²) < 4.78 is 0. The van der Waals surface area contributed by atoms with Gasteiger partial charge in [-0.05, 0) is 32.6 Å². The standard InChI is InChI=1S/C13H25N3O2/c1-3-10(2)16-12(17)7-9-14-11-6-4-5-8-15-13(11)18/h10-11,14H,3-9H2,1-2H3,(H,15,18)(H,16,17). The maximum atomic E-state index is 11.6. The van der Waals surface area contributed by atoms with Gasteiger partial charge in [0, 0.05) is 25.6 Å². The first-order valence-corrected chi connectivity index (χ1v) is 6.94. The molecule has 1 fully saturated rings. The van der Waals surface area contributed by atoms with E-state index in [-0.39, 0.29) is 23.9 Å². The highest BCUT2D eigenvalue weighted by atomic mass is 16.2. The molecule has 104 valence electrons. The predicted molar refractivity (Wildman–Crippen MR) is 71.2 cm³/mol. The molecule has 5 heteroatoms. The lowest BCUT2D eigenvalue weighted by atomic mass is 10.1. The van der Waals surface area contributed by atoms with Gasteiger partial charge in [0.25, 0.3) is 0 Å². The van der Waals surface area contributed by atoms with Gasteiger partial charge in [-0.15, -0.1) is 0 Å². The van der Waals surface area contributed by atoms with Crippen molar-refractivity contribution >= 4 is 11.8 Å². The van der Waals surface area contributed by atoms with E-state index in [2.05, 4.69) is 16.0 Å². The monoisotopic (exact) mass is 255 g/mol. The zero-order valence-corrected chi connectivity index (χ0v) is 11.4. The molecule has 0 aromatic heterocycles. The van der Waals surface area contributed by atoms with Crippen molar-refractivity contribution in [2.45, 2.75) is 58.0 Å². The first kappa shape index (κ1) is 15.0. The van der Waals surface area contributed by atoms with E-state index in [9.17, 15) is 9.59 Å². The van der Waals surface area contributed by atoms with Gasteiger partial charge in [0.15, 0.2) is 0 Å². The van der Waals surface area contributed by atoms with E-state index in [1.165, 1.54) is 0 Å². The van der Waals surface area contributed by atoms with Crippen LogP contribution in [0.5, 0.6) is 0 Å². The lowest BCUT2D eigenvalue weighted by Gasteiger charge is -2.16. The van der Waals surface area contributed by atoms with E-state index >= 15 is 0 Å². The van der Waals surface area contributed by atoms with Crippen molar-refractivity contribution in [2.75, 3.05) is 13.1 Å². The van der Waals surface area contributed by atoms with Crippen LogP contribution in [-0.2, 0) is 9.59 Å². The molecule has 1 rings (SSSR count). The fraction of sp³-hybridized carbons (Fsp3) is 0.846. The summed E-state index contributed by atoms with van der Waals surface area (Å²) in [5, 5.41) is 8.94. The van der Waals surface area contributed by atoms with Gasteiger partial charge >= 0.3 is 0 Å². The molecule has 0 aromatic carbocycles. The zero-order chi connectivity index (χ0) is 13.4. The third-order valence-corrected chi connectivity index (χ3v) is 3.30. The minimum absolute atomic E-state index is 0.0471. The van der Waals surface area contributed by atoms with Crippen LogP contribution < -0.4 is 16.0 Å². The Balaban J connectivity index is 2.19. The molecule has 0 spiro atoms. The molecule has 1 heterocycles. The molecule has 2 atom stereocenters. The van der Waals surface area contributed by atoms with Crippen LogP contribution in [0.4, 0.5) is 0 Å². The smallest absolute Gasteiger partial charge is 0.237 e. The summed E-state index contributed by atoms with van der Waals surface area (Å²) in [4.78, 5) is 23.2. The Labute approximate surface area is 109 Å². The van der Waals surface area contributed by atoms with Gasteiger partial charge in [-0.2, -0.15) is 0 Å². The van der Waals surface area contributed by atoms with Gasteiger partial charge in [0.2, 0.25) is 11.8 Å². The third-order valence-electron chi connectivity index (χ3n) is 3.30. The van der Waals surface area contributed by atoms with Crippen LogP contribution >= 0.6 is 0 Å². The van der Waals surface area contributed by atoms with Crippen molar-refractivity contribution in [3.05, 3.63) is 0 Å². The van der Waals surface area contributed by atoms with Crippen molar-refractivity contribution in [2.24, 2.45) is 0 Å². The van der Waals surface area contributed by atoms with E-state index < -0.39 is 0 Å². The zero-order valence-electron chi connectivity index (χ0n) is 11.4. The summed E-state index contributed by atoms with van der Waals surface area (Å²) >= 11 is 0. The van der Waals surface area contributed by atoms with E-state index in [1.807, 2.05) is 13.8 Å². The van der Waals surface area contributed by atoms with E-state index in [4.69, 9.17) is 0 Å². The lowest BCUT2D eigenvalue weighted by Crippen LogP contribution is -2.44. The molecule has 3 N–H and O–H groups in total. The minimum Gasteiger partial charge on any atom is -0.355 e. The Kier molecular flexibility index (Phi) is 6.72. The quantitative estimate of drug-likeness (QED) is 0.649. The van der Waals surface area contributed by atoms with Gasteiger partial charge in [0.1, 0.15) is 0 Å². The lowest BCUT2D eigenvalue weighted by molar-refractivity contribution is -0.124. The van der Waals surface area contributed by atoms with Crippen molar-refractivity contribution < 1.29 is 9.59 Å². The molecule has 2 unspecified atom stereocenters. The molecular formula is C13H25N3O2. The topological polar surface area (TPSA) is 70.2 Å². The average molecular weight is 255 g/mol. The predicted octanol–water partition coefficient (Wildman–Crippen LogP) is 0.550. The molecule has 0 aromatic rings. The van der Waals surface area contributed by atoms with Crippen LogP contribution in [0.1, 0.15) is 46.0 Å². The average Bonchev–Trinajstić information content (AvgIpc) is 2.54. The maximum absolute atomic E-state index is 11.6. The number of hydrogen-bond donors (Lipinski definition) is 3. The Morgan fingerprint density at radius 2 is 2.28 bits per heavy atom. The SMILES string of the molecule is CCC(C)NC(=O)CCNC1CCCCNC1=O. The molecular weight excluding hydrogens is 230 g/mol. The first-order chi connectivity index (χ1) is 8.63. The molecule has 1 saturated heterocycles. The molecule has 0 radical (unpaired) electrons. The van der Waals surface area contributed by atoms with Gasteiger partial charge in [-0.3, -0.25) is 9.59 Å². The molecule has 0 saturated carbocycles. The van der Waals surface area contributed by atoms with Gasteiger partial charge in [0.05, 0.1) is 6.04 Å². The van der Waals surface area contributed by atoms with Crippen molar-refractivity contribution in [3.63, 3.8) is 0 Å². The maximum Gasteiger partial charge on any atom is 0.237 e. The Morgan fingerprint density at radius 1 is 1.50 bits per heavy atom. The normalized spacial score (nSPS) is 21.9. The molecule has 1 aliphatic rings. The highest BCUT2D eigenvalue weighted by Gasteiger charge is 2.19. The second kappa shape index (κ2) is 8.08. The third kappa shape index (κ3) is 5.49. The number of nitrogens with one attached hydrogen (secondary N) is 3. The number of rotatable bonds is 6. The van der Waals surface area contributed by atoms with Gasteiger partial charge in [-0.25, -0.2) is 0 Å². The van der Waals surface area contributed by atoms with Crippen LogP contribution in [0, 0.1) is 0 Å². The second-order valence-electron chi connectivity index (χ2n) is 4.92. The number of carbonyl (C=O) groups is 2. The number of carbonyl (C=O) groups excluding carboxylic acids is 2. The molecule has 18 heavy (non-hydrogen) atoms. The van der Waals surface area contributed by atoms with E-state index in [0.29, 0.717) is 13.0 Å². The summed E-state index contributed by atoms with van der Waals surface area (Å²) in [6.45, 7) is 5.36. The summed E-state index contributed by atoms with van der Waals surface area (Å²) in [6, 6.07) is 0.0857. The Bertz CT molecular complexity index is 281. The largest absolute Gasteiger partial charge is 0.355 e. The van der Waals surface area contributed by atoms with E-state index in [0.717, 1.165) is 32.2 Å². The van der Waals surface area contributed by atoms with Crippen LogP contribution in [0.15, 0.2) is 0 Å². The molecule has 0 bridgehead atoms. The van der Waals surface area contributed by atoms with Crippen LogP contribution in [0.3, 0.4) is 0 Å². The molecule has 0 aliphatic carbocycles. The van der Waals surface area contributed by atoms with Crippen molar-refractivity contribution in [1.29, 1.82) is 0 Å². The molecule has 5 nitrogen and oxygen atoms in total. The highest BCUT2D eigenvalue weighted by molar-refractivity contribution is 5.82. The fourth-order valence-corrected chi connectivity index (χ4v) is 1.94. The van der Waals surface area contributed by atoms with Gasteiger partial charge < -0.3 is 16.0 Å². The highest BCUT2D eigenvalue weighted by Crippen LogP contribution is 2.05. The second-order valence-corrected chi connectivity index (χ2v) is 4.92. The van der Waals surface area contributed by atoms with E-state index in [1.54, 1.807) is 0 Å². The summed E-state index contributed by atoms with van der Waals surface area (Å²) in [7, 11) is 0. The number of amides is 2. The van der Waals surface area contributed by atoms with Crippen molar-refractivity contribution in [1.82, 2.24) is 16.0 Å². The molecule has 1 aliphatic heterocycles. The summed E-state index contributed by atoms with van der Waals surface area (Å²) in [5.74, 6) is 0.112. The molecule has 2 amide bonds. The van der Waals surface area contributed by atoms with Gasteiger partial charge in [-0.1, -0.05) is 6.92 Å². The fourth-order valence-electron chi connectivity index (χ4n) is 1.94. The van der Waals surface area contributed by atoms with Crippen LogP contribution in [-0.4, -0.2) is 37.0 Å². The Hall–Kier alpha value is -1.10. The first-order valence-electron chi connectivity index (χ1n) is 6.94. The van der Waals surface area contributed by atoms with Crippen LogP contribution in [0.2, 0.25) is 0 Å². The number of hydrogen-bond acceptors (Lipinski definition) is 3. The van der Waals surface area contributed by atoms with Crippen molar-refractivity contribution in [3.8, 4) is 0 Å². The summed E-state index contributed by atoms with van der Waals surface area (Å²) in [5.41, 5.74) is 0. The van der Waals surface area contributed by atoms with Crippen LogP contribution in [0.25, 0.3) is 0 Å². The minimum atomic E-state index is -0.135.